The molecule has 0 aromatic heterocycles. The first-order valence-corrected chi connectivity index (χ1v) is 16.4. The Morgan fingerprint density at radius 1 is 0.953 bits per heavy atom. The summed E-state index contributed by atoms with van der Waals surface area (Å²) in [6, 6.07) is 4.53. The topological polar surface area (TPSA) is 56.2 Å². The van der Waals surface area contributed by atoms with Crippen molar-refractivity contribution in [3.8, 4) is 18.1 Å². The molecule has 8 heteroatoms. The molecule has 0 bridgehead atoms. The van der Waals surface area contributed by atoms with Crippen LogP contribution in [0.4, 0.5) is 13.2 Å². The average molecular weight is 603 g/mol. The number of ether oxygens (including phenoxy) is 1. The van der Waals surface area contributed by atoms with E-state index in [1.54, 1.807) is 12.1 Å². The lowest BCUT2D eigenvalue weighted by Crippen LogP contribution is -2.59. The summed E-state index contributed by atoms with van der Waals surface area (Å²) in [6.45, 7) is 8.37. The van der Waals surface area contributed by atoms with Gasteiger partial charge in [-0.15, -0.1) is 6.42 Å². The number of β-amino-alcohol motifs (C(OH)–C–C–N with tert-alkyl or cyclic N) is 1. The molecular formula is C35H49F3N2O3. The molecule has 0 unspecified atom stereocenters. The fourth-order valence-corrected chi connectivity index (χ4v) is 10.7. The highest BCUT2D eigenvalue weighted by atomic mass is 19.4. The molecule has 0 radical (unpaired) electrons. The number of methoxy groups -OCH3 is 1. The molecule has 1 heterocycles. The quantitative estimate of drug-likeness (QED) is 0.407. The van der Waals surface area contributed by atoms with Crippen molar-refractivity contribution in [3.63, 3.8) is 0 Å². The zero-order valence-corrected chi connectivity index (χ0v) is 26.1. The van der Waals surface area contributed by atoms with Crippen molar-refractivity contribution >= 4 is 0 Å². The van der Waals surface area contributed by atoms with E-state index in [0.717, 1.165) is 64.5 Å². The number of aliphatic hydroxyl groups is 2. The number of rotatable bonds is 5. The molecule has 4 aliphatic carbocycles. The van der Waals surface area contributed by atoms with E-state index >= 15 is 0 Å². The number of hydrogen-bond donors (Lipinski definition) is 2. The molecule has 8 atom stereocenters. The first-order valence-electron chi connectivity index (χ1n) is 16.4. The van der Waals surface area contributed by atoms with Crippen LogP contribution >= 0.6 is 0 Å². The number of terminal acetylenes is 1. The molecule has 1 aliphatic heterocycles. The van der Waals surface area contributed by atoms with Crippen molar-refractivity contribution < 1.29 is 28.1 Å². The molecule has 2 N–H and O–H groups in total. The summed E-state index contributed by atoms with van der Waals surface area (Å²) >= 11 is 0. The van der Waals surface area contributed by atoms with Crippen molar-refractivity contribution in [1.29, 1.82) is 0 Å². The minimum atomic E-state index is -4.47. The Kier molecular flexibility index (Phi) is 7.93. The molecule has 43 heavy (non-hydrogen) atoms. The number of alkyl halides is 3. The number of fused-ring (bicyclic) bond motifs is 5. The zero-order valence-electron chi connectivity index (χ0n) is 26.1. The van der Waals surface area contributed by atoms with Crippen LogP contribution in [-0.4, -0.2) is 71.0 Å². The Bertz CT molecular complexity index is 1240. The maximum absolute atomic E-state index is 13.8. The van der Waals surface area contributed by atoms with E-state index in [2.05, 4.69) is 29.6 Å². The van der Waals surface area contributed by atoms with Gasteiger partial charge in [0.25, 0.3) is 0 Å². The largest absolute Gasteiger partial charge is 0.496 e. The summed E-state index contributed by atoms with van der Waals surface area (Å²) < 4.78 is 46.5. The maximum atomic E-state index is 13.8. The first-order chi connectivity index (χ1) is 20.3. The van der Waals surface area contributed by atoms with Gasteiger partial charge in [0, 0.05) is 44.7 Å². The minimum Gasteiger partial charge on any atom is -0.496 e. The number of benzene rings is 1. The monoisotopic (exact) mass is 602 g/mol. The molecule has 5 aliphatic rings. The van der Waals surface area contributed by atoms with Crippen molar-refractivity contribution in [2.75, 3.05) is 39.8 Å². The Morgan fingerprint density at radius 3 is 2.33 bits per heavy atom. The van der Waals surface area contributed by atoms with E-state index in [4.69, 9.17) is 11.2 Å². The third-order valence-electron chi connectivity index (χ3n) is 13.2. The smallest absolute Gasteiger partial charge is 0.420 e. The van der Waals surface area contributed by atoms with Crippen LogP contribution in [0.1, 0.15) is 82.8 Å². The fraction of sp³-hybridized carbons (Fsp3) is 0.771. The van der Waals surface area contributed by atoms with Crippen molar-refractivity contribution in [2.45, 2.75) is 95.6 Å². The van der Waals surface area contributed by atoms with Crippen LogP contribution in [0.15, 0.2) is 18.2 Å². The van der Waals surface area contributed by atoms with Crippen LogP contribution in [0, 0.1) is 46.8 Å². The highest BCUT2D eigenvalue weighted by molar-refractivity contribution is 5.42. The molecule has 1 aromatic rings. The normalized spacial score (nSPS) is 42.0. The molecule has 5 fully saturated rings. The summed E-state index contributed by atoms with van der Waals surface area (Å²) in [5.41, 5.74) is -2.13. The number of nitrogens with zero attached hydrogens (tertiary/aromatic N) is 2. The Labute approximate surface area is 255 Å². The van der Waals surface area contributed by atoms with Crippen molar-refractivity contribution in [3.05, 3.63) is 29.3 Å². The fourth-order valence-electron chi connectivity index (χ4n) is 10.7. The van der Waals surface area contributed by atoms with Crippen LogP contribution in [-0.2, 0) is 12.7 Å². The molecule has 1 aromatic carbocycles. The molecule has 5 nitrogen and oxygen atoms in total. The van der Waals surface area contributed by atoms with Crippen molar-refractivity contribution in [2.24, 2.45) is 34.5 Å². The standard InChI is InChI=1S/C35H49F3N2O3/c1-5-34(42)14-12-28-26-10-9-25-21-33(41,16-15-31(25,2)27(26)11-13-32(28,34)3)23-40-19-17-39(18-20-40)22-24-7-6-8-29(43-4)30(24)35(36,37)38/h1,6-8,25-28,41-42H,9-23H2,2-4H3/t25-,26+,27-,28-,31-,32-,33+,34-/m0/s1. The highest BCUT2D eigenvalue weighted by Gasteiger charge is 2.65. The third kappa shape index (κ3) is 5.20. The summed E-state index contributed by atoms with van der Waals surface area (Å²) in [6.07, 6.45) is 10.1. The Hall–Kier alpha value is -1.79. The van der Waals surface area contributed by atoms with Gasteiger partial charge in [0.05, 0.1) is 12.7 Å². The number of hydrogen-bond acceptors (Lipinski definition) is 5. The zero-order chi connectivity index (χ0) is 30.8. The SMILES string of the molecule is C#C[C@]1(O)CC[C@H]2[C@@H]3CC[C@H]4C[C@@](O)(CN5CCN(Cc6cccc(OC)c6C(F)(F)F)CC5)CC[C@]4(C)[C@H]3CC[C@@]21C. The van der Waals surface area contributed by atoms with Crippen LogP contribution < -0.4 is 4.74 Å². The molecule has 0 spiro atoms. The second kappa shape index (κ2) is 10.9. The van der Waals surface area contributed by atoms with Crippen molar-refractivity contribution in [1.82, 2.24) is 9.80 Å². The van der Waals surface area contributed by atoms with E-state index in [-0.39, 0.29) is 28.7 Å². The van der Waals surface area contributed by atoms with Gasteiger partial charge in [0.2, 0.25) is 0 Å². The first kappa shape index (κ1) is 31.2. The molecule has 4 saturated carbocycles. The van der Waals surface area contributed by atoms with Gasteiger partial charge in [0.15, 0.2) is 0 Å². The molecule has 238 valence electrons. The van der Waals surface area contributed by atoms with Gasteiger partial charge in [-0.1, -0.05) is 31.9 Å². The third-order valence-corrected chi connectivity index (χ3v) is 13.2. The number of halogens is 3. The van der Waals surface area contributed by atoms with Crippen LogP contribution in [0.5, 0.6) is 5.75 Å². The Morgan fingerprint density at radius 2 is 1.65 bits per heavy atom. The summed E-state index contributed by atoms with van der Waals surface area (Å²) in [5, 5.41) is 23.2. The molecule has 0 amide bonds. The van der Waals surface area contributed by atoms with E-state index in [9.17, 15) is 23.4 Å². The van der Waals surface area contributed by atoms with Gasteiger partial charge in [-0.05, 0) is 98.5 Å². The maximum Gasteiger partial charge on any atom is 0.420 e. The lowest BCUT2D eigenvalue weighted by Gasteiger charge is -2.62. The predicted octanol–water partition coefficient (Wildman–Crippen LogP) is 5.97. The molecule has 6 rings (SSSR count). The second-order valence-electron chi connectivity index (χ2n) is 15.1. The predicted molar refractivity (Wildman–Crippen MR) is 160 cm³/mol. The van der Waals surface area contributed by atoms with Crippen LogP contribution in [0.25, 0.3) is 0 Å². The van der Waals surface area contributed by atoms with E-state index in [1.165, 1.54) is 13.2 Å². The lowest BCUT2D eigenvalue weighted by molar-refractivity contribution is -0.166. The van der Waals surface area contributed by atoms with E-state index in [1.807, 2.05) is 0 Å². The summed E-state index contributed by atoms with van der Waals surface area (Å²) in [7, 11) is 1.28. The molecular weight excluding hydrogens is 553 g/mol. The Balaban J connectivity index is 1.06. The van der Waals surface area contributed by atoms with Crippen LogP contribution in [0.3, 0.4) is 0 Å². The van der Waals surface area contributed by atoms with E-state index in [0.29, 0.717) is 49.7 Å². The summed E-state index contributed by atoms with van der Waals surface area (Å²) in [4.78, 5) is 4.39. The van der Waals surface area contributed by atoms with Gasteiger partial charge in [0.1, 0.15) is 16.9 Å². The molecule has 1 saturated heterocycles. The average Bonchev–Trinajstić information content (AvgIpc) is 3.24. The summed E-state index contributed by atoms with van der Waals surface area (Å²) in [5.74, 6) is 4.83. The number of piperazine rings is 1. The highest BCUT2D eigenvalue weighted by Crippen LogP contribution is 2.68. The van der Waals surface area contributed by atoms with Crippen LogP contribution in [0.2, 0.25) is 0 Å². The van der Waals surface area contributed by atoms with Gasteiger partial charge < -0.3 is 14.9 Å². The van der Waals surface area contributed by atoms with Gasteiger partial charge in [-0.3, -0.25) is 9.80 Å². The van der Waals surface area contributed by atoms with Gasteiger partial charge in [-0.2, -0.15) is 13.2 Å². The van der Waals surface area contributed by atoms with E-state index < -0.39 is 22.9 Å². The minimum absolute atomic E-state index is 0.135. The second-order valence-corrected chi connectivity index (χ2v) is 15.1. The van der Waals surface area contributed by atoms with Gasteiger partial charge >= 0.3 is 6.18 Å². The lowest BCUT2D eigenvalue weighted by atomic mass is 9.43. The van der Waals surface area contributed by atoms with Gasteiger partial charge in [-0.25, -0.2) is 0 Å².